The molecule has 1 aromatic carbocycles. The summed E-state index contributed by atoms with van der Waals surface area (Å²) in [5.74, 6) is -0.00439. The van der Waals surface area contributed by atoms with Crippen LogP contribution < -0.4 is 10.6 Å². The Labute approximate surface area is 162 Å². The van der Waals surface area contributed by atoms with Gasteiger partial charge in [-0.05, 0) is 37.3 Å². The van der Waals surface area contributed by atoms with Gasteiger partial charge in [0.15, 0.2) is 0 Å². The Kier molecular flexibility index (Phi) is 7.47. The van der Waals surface area contributed by atoms with Gasteiger partial charge in [-0.1, -0.05) is 38.5 Å². The minimum Gasteiger partial charge on any atom is -0.340 e. The van der Waals surface area contributed by atoms with Crippen molar-refractivity contribution in [1.82, 2.24) is 15.5 Å². The van der Waals surface area contributed by atoms with Gasteiger partial charge in [0.1, 0.15) is 6.04 Å². The maximum Gasteiger partial charge on any atom is 0.251 e. The summed E-state index contributed by atoms with van der Waals surface area (Å²) in [6.45, 7) is 5.63. The van der Waals surface area contributed by atoms with Crippen molar-refractivity contribution in [3.63, 3.8) is 0 Å². The summed E-state index contributed by atoms with van der Waals surface area (Å²) < 4.78 is 0. The number of nitrogens with zero attached hydrogens (tertiary/aromatic N) is 1. The smallest absolute Gasteiger partial charge is 0.251 e. The van der Waals surface area contributed by atoms with Gasteiger partial charge < -0.3 is 15.5 Å². The van der Waals surface area contributed by atoms with Crippen molar-refractivity contribution in [3.05, 3.63) is 35.9 Å². The second-order valence-corrected chi connectivity index (χ2v) is 7.41. The summed E-state index contributed by atoms with van der Waals surface area (Å²) in [6.07, 6.45) is 4.21. The predicted octanol–water partition coefficient (Wildman–Crippen LogP) is 2.61. The van der Waals surface area contributed by atoms with Crippen LogP contribution in [0.15, 0.2) is 30.3 Å². The summed E-state index contributed by atoms with van der Waals surface area (Å²) in [4.78, 5) is 27.7. The molecule has 4 atom stereocenters. The van der Waals surface area contributed by atoms with Crippen molar-refractivity contribution in [1.29, 1.82) is 0 Å². The Morgan fingerprint density at radius 2 is 1.88 bits per heavy atom. The monoisotopic (exact) mass is 379 g/mol. The molecule has 0 spiro atoms. The molecule has 2 aliphatic rings. The molecule has 0 aromatic heterocycles. The van der Waals surface area contributed by atoms with E-state index in [1.54, 1.807) is 12.1 Å². The number of nitrogens with one attached hydrogen (secondary N) is 2. The highest BCUT2D eigenvalue weighted by atomic mass is 35.5. The second kappa shape index (κ2) is 9.38. The normalized spacial score (nSPS) is 24.2. The third-order valence-corrected chi connectivity index (χ3v) is 5.64. The number of rotatable bonds is 5. The molecule has 26 heavy (non-hydrogen) atoms. The van der Waals surface area contributed by atoms with Gasteiger partial charge in [-0.2, -0.15) is 0 Å². The van der Waals surface area contributed by atoms with Crippen molar-refractivity contribution >= 4 is 24.2 Å². The van der Waals surface area contributed by atoms with Crippen molar-refractivity contribution in [2.24, 2.45) is 5.92 Å². The van der Waals surface area contributed by atoms with E-state index in [1.165, 1.54) is 6.42 Å². The summed E-state index contributed by atoms with van der Waals surface area (Å²) in [5, 5.41) is 6.60. The number of carbonyl (C=O) groups excluding carboxylic acids is 2. The van der Waals surface area contributed by atoms with Crippen LogP contribution in [0.4, 0.5) is 0 Å². The Morgan fingerprint density at radius 1 is 1.19 bits per heavy atom. The second-order valence-electron chi connectivity index (χ2n) is 7.41. The zero-order valence-electron chi connectivity index (χ0n) is 15.6. The lowest BCUT2D eigenvalue weighted by Crippen LogP contribution is -2.53. The Balaban J connectivity index is 0.00000243. The number of halogens is 1. The van der Waals surface area contributed by atoms with Crippen LogP contribution in [0.5, 0.6) is 0 Å². The van der Waals surface area contributed by atoms with E-state index in [1.807, 2.05) is 30.0 Å². The number of amides is 2. The molecule has 2 amide bonds. The molecule has 2 heterocycles. The first kappa shape index (κ1) is 20.7. The molecule has 2 aliphatic heterocycles. The standard InChI is InChI=1S/C20H29N3O2.ClH/c1-3-14(2)18(22-19(24)15-7-5-4-6-8-15)20(25)23-12-11-16-9-10-17(13-23)21-16;/h4-8,14,16-18,21H,3,9-13H2,1-2H3,(H,22,24);1H. The van der Waals surface area contributed by atoms with Gasteiger partial charge in [-0.3, -0.25) is 9.59 Å². The molecular formula is C20H30ClN3O2. The van der Waals surface area contributed by atoms with E-state index in [-0.39, 0.29) is 30.1 Å². The SMILES string of the molecule is CCC(C)C(NC(=O)c1ccccc1)C(=O)N1CCC2CCC(C1)N2.Cl. The van der Waals surface area contributed by atoms with E-state index in [0.717, 1.165) is 32.4 Å². The fraction of sp³-hybridized carbons (Fsp3) is 0.600. The molecule has 2 fully saturated rings. The van der Waals surface area contributed by atoms with Crippen molar-refractivity contribution < 1.29 is 9.59 Å². The highest BCUT2D eigenvalue weighted by Crippen LogP contribution is 2.22. The Morgan fingerprint density at radius 3 is 2.58 bits per heavy atom. The fourth-order valence-electron chi connectivity index (χ4n) is 3.84. The highest BCUT2D eigenvalue weighted by molar-refractivity contribution is 5.97. The predicted molar refractivity (Wildman–Crippen MR) is 106 cm³/mol. The van der Waals surface area contributed by atoms with E-state index in [2.05, 4.69) is 17.6 Å². The van der Waals surface area contributed by atoms with Crippen LogP contribution in [-0.4, -0.2) is 47.9 Å². The van der Waals surface area contributed by atoms with Gasteiger partial charge in [0, 0.05) is 30.7 Å². The summed E-state index contributed by atoms with van der Waals surface area (Å²) in [5.41, 5.74) is 0.597. The van der Waals surface area contributed by atoms with E-state index < -0.39 is 6.04 Å². The third-order valence-electron chi connectivity index (χ3n) is 5.64. The van der Waals surface area contributed by atoms with Crippen molar-refractivity contribution in [2.45, 2.75) is 57.7 Å². The minimum atomic E-state index is -0.464. The lowest BCUT2D eigenvalue weighted by molar-refractivity contribution is -0.134. The summed E-state index contributed by atoms with van der Waals surface area (Å²) >= 11 is 0. The van der Waals surface area contributed by atoms with Gasteiger partial charge in [-0.15, -0.1) is 12.4 Å². The topological polar surface area (TPSA) is 61.4 Å². The molecule has 2 bridgehead atoms. The number of hydrogen-bond donors (Lipinski definition) is 2. The number of likely N-dealkylation sites (tertiary alicyclic amines) is 1. The van der Waals surface area contributed by atoms with Crippen LogP contribution in [0.25, 0.3) is 0 Å². The largest absolute Gasteiger partial charge is 0.340 e. The molecular weight excluding hydrogens is 350 g/mol. The van der Waals surface area contributed by atoms with Gasteiger partial charge in [0.2, 0.25) is 5.91 Å². The number of fused-ring (bicyclic) bond motifs is 2. The summed E-state index contributed by atoms with van der Waals surface area (Å²) in [6, 6.07) is 9.60. The molecule has 1 aromatic rings. The Hall–Kier alpha value is -1.59. The molecule has 0 saturated carbocycles. The first-order chi connectivity index (χ1) is 12.1. The highest BCUT2D eigenvalue weighted by Gasteiger charge is 2.35. The molecule has 2 saturated heterocycles. The van der Waals surface area contributed by atoms with Crippen LogP contribution in [0, 0.1) is 5.92 Å². The average Bonchev–Trinajstić information content (AvgIpc) is 2.97. The number of carbonyl (C=O) groups is 2. The Bertz CT molecular complexity index is 610. The minimum absolute atomic E-state index is 0. The number of benzene rings is 1. The van der Waals surface area contributed by atoms with Gasteiger partial charge in [0.05, 0.1) is 0 Å². The molecule has 4 unspecified atom stereocenters. The van der Waals surface area contributed by atoms with Crippen LogP contribution in [0.3, 0.4) is 0 Å². The molecule has 0 aliphatic carbocycles. The molecule has 0 radical (unpaired) electrons. The quantitative estimate of drug-likeness (QED) is 0.826. The van der Waals surface area contributed by atoms with Crippen LogP contribution in [0.2, 0.25) is 0 Å². The first-order valence-electron chi connectivity index (χ1n) is 9.49. The fourth-order valence-corrected chi connectivity index (χ4v) is 3.84. The number of hydrogen-bond acceptors (Lipinski definition) is 3. The van der Waals surface area contributed by atoms with E-state index in [0.29, 0.717) is 17.6 Å². The molecule has 2 N–H and O–H groups in total. The van der Waals surface area contributed by atoms with E-state index >= 15 is 0 Å². The zero-order valence-corrected chi connectivity index (χ0v) is 16.4. The third kappa shape index (κ3) is 4.77. The lowest BCUT2D eigenvalue weighted by atomic mass is 9.96. The maximum atomic E-state index is 13.2. The van der Waals surface area contributed by atoms with Crippen LogP contribution in [-0.2, 0) is 4.79 Å². The molecule has 6 heteroatoms. The van der Waals surface area contributed by atoms with Gasteiger partial charge in [-0.25, -0.2) is 0 Å². The molecule has 144 valence electrons. The van der Waals surface area contributed by atoms with E-state index in [4.69, 9.17) is 0 Å². The average molecular weight is 380 g/mol. The maximum absolute atomic E-state index is 13.2. The van der Waals surface area contributed by atoms with Gasteiger partial charge >= 0.3 is 0 Å². The van der Waals surface area contributed by atoms with Gasteiger partial charge in [0.25, 0.3) is 5.91 Å². The molecule has 3 rings (SSSR count). The van der Waals surface area contributed by atoms with Crippen LogP contribution in [0.1, 0.15) is 49.9 Å². The zero-order chi connectivity index (χ0) is 17.8. The van der Waals surface area contributed by atoms with E-state index in [9.17, 15) is 9.59 Å². The van der Waals surface area contributed by atoms with Crippen LogP contribution >= 0.6 is 12.4 Å². The first-order valence-corrected chi connectivity index (χ1v) is 9.49. The summed E-state index contributed by atoms with van der Waals surface area (Å²) in [7, 11) is 0. The van der Waals surface area contributed by atoms with Crippen molar-refractivity contribution in [3.8, 4) is 0 Å². The molecule has 5 nitrogen and oxygen atoms in total. The van der Waals surface area contributed by atoms with Crippen molar-refractivity contribution in [2.75, 3.05) is 13.1 Å². The lowest BCUT2D eigenvalue weighted by Gasteiger charge is -2.31.